The van der Waals surface area contributed by atoms with Gasteiger partial charge in [0.25, 0.3) is 0 Å². The third-order valence-corrected chi connectivity index (χ3v) is 7.56. The quantitative estimate of drug-likeness (QED) is 0.344. The van der Waals surface area contributed by atoms with Crippen molar-refractivity contribution < 1.29 is 8.42 Å². The van der Waals surface area contributed by atoms with Crippen molar-refractivity contribution in [3.8, 4) is 0 Å². The summed E-state index contributed by atoms with van der Waals surface area (Å²) < 4.78 is 23.6. The van der Waals surface area contributed by atoms with E-state index in [1.54, 1.807) is 20.9 Å². The van der Waals surface area contributed by atoms with E-state index in [-0.39, 0.29) is 29.7 Å². The van der Waals surface area contributed by atoms with Crippen LogP contribution in [0, 0.1) is 0 Å². The number of sulfone groups is 1. The molecule has 0 radical (unpaired) electrons. The highest BCUT2D eigenvalue weighted by Gasteiger charge is 2.41. The number of piperazine rings is 1. The number of nitrogens with one attached hydrogen (secondary N) is 1. The molecular formula is C15H32IN5O2S. The van der Waals surface area contributed by atoms with Crippen molar-refractivity contribution >= 4 is 39.8 Å². The highest BCUT2D eigenvalue weighted by atomic mass is 127. The monoisotopic (exact) mass is 473 g/mol. The van der Waals surface area contributed by atoms with Gasteiger partial charge in [-0.1, -0.05) is 0 Å². The minimum Gasteiger partial charge on any atom is -0.355 e. The SMILES string of the molecule is CN=C(NCC1CN(C)CCN1C)N1CCS(=O)(=O)C(C)(C)C1.I. The normalized spacial score (nSPS) is 28.3. The summed E-state index contributed by atoms with van der Waals surface area (Å²) in [5, 5.41) is 3.44. The molecule has 0 aromatic carbocycles. The summed E-state index contributed by atoms with van der Waals surface area (Å²) >= 11 is 0. The first-order valence-electron chi connectivity index (χ1n) is 8.23. The second-order valence-electron chi connectivity index (χ2n) is 7.32. The molecular weight excluding hydrogens is 441 g/mol. The molecule has 7 nitrogen and oxygen atoms in total. The Hall–Kier alpha value is -0.130. The summed E-state index contributed by atoms with van der Waals surface area (Å²) in [6.45, 7) is 8.59. The van der Waals surface area contributed by atoms with Crippen LogP contribution in [0.2, 0.25) is 0 Å². The Morgan fingerprint density at radius 2 is 1.92 bits per heavy atom. The number of rotatable bonds is 2. The van der Waals surface area contributed by atoms with Crippen LogP contribution < -0.4 is 5.32 Å². The number of hydrogen-bond acceptors (Lipinski definition) is 5. The summed E-state index contributed by atoms with van der Waals surface area (Å²) in [6.07, 6.45) is 0. The van der Waals surface area contributed by atoms with E-state index in [9.17, 15) is 8.42 Å². The number of guanidine groups is 1. The summed E-state index contributed by atoms with van der Waals surface area (Å²) in [5.74, 6) is 0.988. The molecule has 0 amide bonds. The van der Waals surface area contributed by atoms with Crippen molar-refractivity contribution in [1.29, 1.82) is 0 Å². The molecule has 0 aromatic rings. The Morgan fingerprint density at radius 3 is 2.50 bits per heavy atom. The lowest BCUT2D eigenvalue weighted by Crippen LogP contribution is -2.59. The van der Waals surface area contributed by atoms with Gasteiger partial charge in [-0.2, -0.15) is 0 Å². The predicted molar refractivity (Wildman–Crippen MR) is 110 cm³/mol. The van der Waals surface area contributed by atoms with Crippen LogP contribution in [0.1, 0.15) is 13.8 Å². The summed E-state index contributed by atoms with van der Waals surface area (Å²) in [4.78, 5) is 11.1. The Bertz CT molecular complexity index is 552. The van der Waals surface area contributed by atoms with Crippen molar-refractivity contribution in [1.82, 2.24) is 20.0 Å². The second kappa shape index (κ2) is 8.50. The fourth-order valence-corrected chi connectivity index (χ4v) is 4.55. The van der Waals surface area contributed by atoms with E-state index >= 15 is 0 Å². The molecule has 24 heavy (non-hydrogen) atoms. The zero-order chi connectivity index (χ0) is 17.3. The van der Waals surface area contributed by atoms with E-state index in [0.717, 1.165) is 32.1 Å². The minimum absolute atomic E-state index is 0. The largest absolute Gasteiger partial charge is 0.355 e. The molecule has 2 saturated heterocycles. The van der Waals surface area contributed by atoms with E-state index in [1.807, 2.05) is 0 Å². The number of hydrogen-bond donors (Lipinski definition) is 1. The van der Waals surface area contributed by atoms with E-state index in [1.165, 1.54) is 0 Å². The molecule has 0 bridgehead atoms. The van der Waals surface area contributed by atoms with Crippen molar-refractivity contribution in [3.05, 3.63) is 0 Å². The van der Waals surface area contributed by atoms with Crippen LogP contribution in [-0.2, 0) is 9.84 Å². The molecule has 142 valence electrons. The van der Waals surface area contributed by atoms with Crippen molar-refractivity contribution in [2.75, 3.05) is 66.2 Å². The van der Waals surface area contributed by atoms with Crippen LogP contribution in [0.3, 0.4) is 0 Å². The predicted octanol–water partition coefficient (Wildman–Crippen LogP) is -0.0654. The molecule has 0 aliphatic carbocycles. The van der Waals surface area contributed by atoms with Crippen LogP contribution in [-0.4, -0.2) is 106 Å². The lowest BCUT2D eigenvalue weighted by Gasteiger charge is -2.41. The Balaban J connectivity index is 0.00000288. The van der Waals surface area contributed by atoms with Gasteiger partial charge in [-0.05, 0) is 27.9 Å². The van der Waals surface area contributed by atoms with Gasteiger partial charge in [-0.25, -0.2) is 8.42 Å². The van der Waals surface area contributed by atoms with Gasteiger partial charge in [0, 0.05) is 52.4 Å². The van der Waals surface area contributed by atoms with Crippen LogP contribution >= 0.6 is 24.0 Å². The van der Waals surface area contributed by atoms with Crippen LogP contribution in [0.4, 0.5) is 0 Å². The van der Waals surface area contributed by atoms with E-state index in [4.69, 9.17) is 0 Å². The maximum Gasteiger partial charge on any atom is 0.193 e. The zero-order valence-corrected chi connectivity index (χ0v) is 18.6. The van der Waals surface area contributed by atoms with E-state index < -0.39 is 14.6 Å². The van der Waals surface area contributed by atoms with Gasteiger partial charge in [0.2, 0.25) is 0 Å². The molecule has 1 N–H and O–H groups in total. The summed E-state index contributed by atoms with van der Waals surface area (Å²) in [5.41, 5.74) is 0. The molecule has 0 aromatic heterocycles. The van der Waals surface area contributed by atoms with Gasteiger partial charge in [0.15, 0.2) is 15.8 Å². The molecule has 0 saturated carbocycles. The molecule has 2 fully saturated rings. The van der Waals surface area contributed by atoms with Gasteiger partial charge >= 0.3 is 0 Å². The third kappa shape index (κ3) is 4.95. The van der Waals surface area contributed by atoms with Crippen molar-refractivity contribution in [3.63, 3.8) is 0 Å². The topological polar surface area (TPSA) is 68.2 Å². The lowest BCUT2D eigenvalue weighted by atomic mass is 10.2. The van der Waals surface area contributed by atoms with Crippen LogP contribution in [0.5, 0.6) is 0 Å². The van der Waals surface area contributed by atoms with E-state index in [2.05, 4.69) is 39.1 Å². The van der Waals surface area contributed by atoms with Crippen molar-refractivity contribution in [2.24, 2.45) is 4.99 Å². The van der Waals surface area contributed by atoms with Crippen molar-refractivity contribution in [2.45, 2.75) is 24.6 Å². The minimum atomic E-state index is -3.03. The van der Waals surface area contributed by atoms with Crippen LogP contribution in [0.25, 0.3) is 0 Å². The standard InChI is InChI=1S/C15H31N5O2S.HI/c1-15(2)12-20(8-9-23(15,21)22)14(16-3)17-10-13-11-18(4)6-7-19(13)5;/h13H,6-12H2,1-5H3,(H,16,17);1H. The van der Waals surface area contributed by atoms with E-state index in [0.29, 0.717) is 19.1 Å². The third-order valence-electron chi connectivity index (χ3n) is 5.03. The molecule has 1 atom stereocenters. The molecule has 2 rings (SSSR count). The van der Waals surface area contributed by atoms with Gasteiger partial charge < -0.3 is 15.1 Å². The highest BCUT2D eigenvalue weighted by Crippen LogP contribution is 2.23. The maximum atomic E-state index is 12.1. The molecule has 2 heterocycles. The first-order chi connectivity index (χ1) is 10.7. The van der Waals surface area contributed by atoms with Gasteiger partial charge in [-0.3, -0.25) is 9.89 Å². The second-order valence-corrected chi connectivity index (χ2v) is 10.1. The first-order valence-corrected chi connectivity index (χ1v) is 9.88. The van der Waals surface area contributed by atoms with Gasteiger partial charge in [0.1, 0.15) is 0 Å². The molecule has 2 aliphatic heterocycles. The number of aliphatic imine (C=N–C) groups is 1. The molecule has 9 heteroatoms. The average molecular weight is 473 g/mol. The average Bonchev–Trinajstić information content (AvgIpc) is 2.46. The zero-order valence-electron chi connectivity index (χ0n) is 15.4. The molecule has 2 aliphatic rings. The molecule has 1 unspecified atom stereocenters. The highest BCUT2D eigenvalue weighted by molar-refractivity contribution is 14.0. The smallest absolute Gasteiger partial charge is 0.193 e. The van der Waals surface area contributed by atoms with Crippen LogP contribution in [0.15, 0.2) is 4.99 Å². The Morgan fingerprint density at radius 1 is 1.25 bits per heavy atom. The number of halogens is 1. The number of nitrogens with zero attached hydrogens (tertiary/aromatic N) is 4. The maximum absolute atomic E-state index is 12.1. The fraction of sp³-hybridized carbons (Fsp3) is 0.933. The summed E-state index contributed by atoms with van der Waals surface area (Å²) in [7, 11) is 3.03. The fourth-order valence-electron chi connectivity index (χ4n) is 3.19. The first kappa shape index (κ1) is 21.9. The number of likely N-dealkylation sites (N-methyl/N-ethyl adjacent to an activating group) is 2. The summed E-state index contributed by atoms with van der Waals surface area (Å²) in [6, 6.07) is 0.437. The Kier molecular flexibility index (Phi) is 7.76. The van der Waals surface area contributed by atoms with Gasteiger partial charge in [0.05, 0.1) is 10.5 Å². The lowest BCUT2D eigenvalue weighted by molar-refractivity contribution is 0.116. The Labute approximate surface area is 163 Å². The van der Waals surface area contributed by atoms with Gasteiger partial charge in [-0.15, -0.1) is 24.0 Å². The molecule has 0 spiro atoms.